The predicted octanol–water partition coefficient (Wildman–Crippen LogP) is 4.63. The van der Waals surface area contributed by atoms with Gasteiger partial charge in [-0.25, -0.2) is 0 Å². The van der Waals surface area contributed by atoms with Crippen molar-refractivity contribution in [2.24, 2.45) is 12.8 Å². The lowest BCUT2D eigenvalue weighted by Crippen LogP contribution is -2.23. The number of nitrogens with two attached hydrogens (primary N) is 1. The summed E-state index contributed by atoms with van der Waals surface area (Å²) in [6.45, 7) is 1.86. The molecule has 1 atom stereocenters. The van der Waals surface area contributed by atoms with Crippen molar-refractivity contribution in [3.05, 3.63) is 40.0 Å². The fourth-order valence-electron chi connectivity index (χ4n) is 2.11. The molecule has 8 heteroatoms. The van der Waals surface area contributed by atoms with Crippen molar-refractivity contribution in [3.8, 4) is 0 Å². The maximum atomic E-state index is 13.3. The highest BCUT2D eigenvalue weighted by atomic mass is 79.9. The molecule has 0 amide bonds. The van der Waals surface area contributed by atoms with Gasteiger partial charge in [0.15, 0.2) is 5.69 Å². The highest BCUT2D eigenvalue weighted by Gasteiger charge is 2.39. The van der Waals surface area contributed by atoms with Crippen molar-refractivity contribution in [1.82, 2.24) is 9.78 Å². The standard InChI is InChI=1S/C15H17BrF3N3S/c1-3-10(20)8-12-13(15(17,18)19)21-22(2)14(12)23-11-6-4-9(16)5-7-11/h4-7,10H,3,8,20H2,1-2H3. The second-order valence-corrected chi connectivity index (χ2v) is 7.16. The van der Waals surface area contributed by atoms with E-state index < -0.39 is 11.9 Å². The third kappa shape index (κ3) is 4.51. The first kappa shape index (κ1) is 18.4. The molecule has 0 bridgehead atoms. The van der Waals surface area contributed by atoms with E-state index >= 15 is 0 Å². The number of hydrogen-bond acceptors (Lipinski definition) is 3. The summed E-state index contributed by atoms with van der Waals surface area (Å²) in [7, 11) is 1.53. The summed E-state index contributed by atoms with van der Waals surface area (Å²) in [5, 5.41) is 4.16. The smallest absolute Gasteiger partial charge is 0.327 e. The Labute approximate surface area is 145 Å². The van der Waals surface area contributed by atoms with Gasteiger partial charge in [0, 0.05) is 28.0 Å². The quantitative estimate of drug-likeness (QED) is 0.785. The Kier molecular flexibility index (Phi) is 5.80. The van der Waals surface area contributed by atoms with Gasteiger partial charge in [-0.05, 0) is 37.1 Å². The van der Waals surface area contributed by atoms with Crippen LogP contribution in [0.3, 0.4) is 0 Å². The highest BCUT2D eigenvalue weighted by Crippen LogP contribution is 2.39. The van der Waals surface area contributed by atoms with Crippen molar-refractivity contribution in [2.45, 2.75) is 41.9 Å². The molecule has 0 saturated heterocycles. The van der Waals surface area contributed by atoms with Crippen LogP contribution in [0.4, 0.5) is 13.2 Å². The second kappa shape index (κ2) is 7.27. The van der Waals surface area contributed by atoms with Crippen molar-refractivity contribution in [1.29, 1.82) is 0 Å². The van der Waals surface area contributed by atoms with Gasteiger partial charge in [0.05, 0.1) is 0 Å². The summed E-state index contributed by atoms with van der Waals surface area (Å²) < 4.78 is 42.0. The lowest BCUT2D eigenvalue weighted by atomic mass is 10.1. The molecule has 2 aromatic rings. The molecule has 2 rings (SSSR count). The molecule has 0 aliphatic heterocycles. The molecule has 0 aliphatic rings. The van der Waals surface area contributed by atoms with E-state index in [1.807, 2.05) is 31.2 Å². The zero-order valence-corrected chi connectivity index (χ0v) is 15.1. The van der Waals surface area contributed by atoms with Crippen molar-refractivity contribution < 1.29 is 13.2 Å². The average Bonchev–Trinajstić information content (AvgIpc) is 2.78. The molecule has 0 fully saturated rings. The summed E-state index contributed by atoms with van der Waals surface area (Å²) in [6, 6.07) is 7.06. The van der Waals surface area contributed by atoms with Gasteiger partial charge in [-0.3, -0.25) is 4.68 Å². The molecule has 0 saturated carbocycles. The Hall–Kier alpha value is -0.990. The zero-order valence-electron chi connectivity index (χ0n) is 12.7. The van der Waals surface area contributed by atoms with Crippen molar-refractivity contribution in [3.63, 3.8) is 0 Å². The van der Waals surface area contributed by atoms with E-state index in [0.717, 1.165) is 9.37 Å². The van der Waals surface area contributed by atoms with Gasteiger partial charge < -0.3 is 5.73 Å². The van der Waals surface area contributed by atoms with Crippen LogP contribution in [0, 0.1) is 0 Å². The maximum Gasteiger partial charge on any atom is 0.435 e. The van der Waals surface area contributed by atoms with Crippen molar-refractivity contribution in [2.75, 3.05) is 0 Å². The number of hydrogen-bond donors (Lipinski definition) is 1. The first-order valence-corrected chi connectivity index (χ1v) is 8.65. The second-order valence-electron chi connectivity index (χ2n) is 5.18. The summed E-state index contributed by atoms with van der Waals surface area (Å²) in [6.07, 6.45) is -3.73. The van der Waals surface area contributed by atoms with Crippen LogP contribution in [-0.4, -0.2) is 15.8 Å². The van der Waals surface area contributed by atoms with E-state index in [2.05, 4.69) is 21.0 Å². The molecule has 1 aromatic carbocycles. The summed E-state index contributed by atoms with van der Waals surface area (Å²) in [5.74, 6) is 0. The Morgan fingerprint density at radius 2 is 1.91 bits per heavy atom. The van der Waals surface area contributed by atoms with Crippen LogP contribution in [0.5, 0.6) is 0 Å². The van der Waals surface area contributed by atoms with Crippen LogP contribution < -0.4 is 5.73 Å². The number of aromatic nitrogens is 2. The topological polar surface area (TPSA) is 43.8 Å². The van der Waals surface area contributed by atoms with Gasteiger partial charge in [-0.15, -0.1) is 0 Å². The van der Waals surface area contributed by atoms with Gasteiger partial charge in [0.1, 0.15) is 5.03 Å². The van der Waals surface area contributed by atoms with E-state index in [0.29, 0.717) is 11.4 Å². The van der Waals surface area contributed by atoms with Crippen LogP contribution in [0.25, 0.3) is 0 Å². The summed E-state index contributed by atoms with van der Waals surface area (Å²) >= 11 is 4.60. The van der Waals surface area contributed by atoms with Crippen molar-refractivity contribution >= 4 is 27.7 Å². The molecule has 3 nitrogen and oxygen atoms in total. The fraction of sp³-hybridized carbons (Fsp3) is 0.400. The van der Waals surface area contributed by atoms with Crippen LogP contribution in [-0.2, 0) is 19.6 Å². The largest absolute Gasteiger partial charge is 0.435 e. The molecule has 23 heavy (non-hydrogen) atoms. The van der Waals surface area contributed by atoms with Gasteiger partial charge >= 0.3 is 6.18 Å². The van der Waals surface area contributed by atoms with Gasteiger partial charge in [-0.2, -0.15) is 18.3 Å². The van der Waals surface area contributed by atoms with Crippen LogP contribution in [0.15, 0.2) is 38.7 Å². The number of nitrogens with zero attached hydrogens (tertiary/aromatic N) is 2. The predicted molar refractivity (Wildman–Crippen MR) is 88.4 cm³/mol. The minimum Gasteiger partial charge on any atom is -0.327 e. The molecule has 1 aromatic heterocycles. The number of aryl methyl sites for hydroxylation is 1. The van der Waals surface area contributed by atoms with E-state index in [4.69, 9.17) is 5.73 Å². The Balaban J connectivity index is 2.44. The first-order chi connectivity index (χ1) is 10.7. The van der Waals surface area contributed by atoms with E-state index in [1.54, 1.807) is 0 Å². The van der Waals surface area contributed by atoms with Gasteiger partial charge in [-0.1, -0.05) is 34.6 Å². The fourth-order valence-corrected chi connectivity index (χ4v) is 3.35. The lowest BCUT2D eigenvalue weighted by molar-refractivity contribution is -0.142. The minimum absolute atomic E-state index is 0.151. The Morgan fingerprint density at radius 1 is 1.30 bits per heavy atom. The number of benzene rings is 1. The van der Waals surface area contributed by atoms with Gasteiger partial charge in [0.2, 0.25) is 0 Å². The lowest BCUT2D eigenvalue weighted by Gasteiger charge is -2.12. The summed E-state index contributed by atoms with van der Waals surface area (Å²) in [5.41, 5.74) is 5.21. The number of alkyl halides is 3. The van der Waals surface area contributed by atoms with E-state index in [1.165, 1.54) is 23.5 Å². The van der Waals surface area contributed by atoms with Crippen LogP contribution >= 0.6 is 27.7 Å². The Bertz CT molecular complexity index is 668. The minimum atomic E-state index is -4.49. The zero-order chi connectivity index (χ0) is 17.2. The molecule has 1 unspecified atom stereocenters. The molecule has 1 heterocycles. The van der Waals surface area contributed by atoms with E-state index in [9.17, 15) is 13.2 Å². The molecular formula is C15H17BrF3N3S. The molecule has 126 valence electrons. The number of rotatable bonds is 5. The molecule has 0 aliphatic carbocycles. The van der Waals surface area contributed by atoms with Crippen LogP contribution in [0.1, 0.15) is 24.6 Å². The third-order valence-electron chi connectivity index (χ3n) is 3.38. The summed E-state index contributed by atoms with van der Waals surface area (Å²) in [4.78, 5) is 0.844. The third-order valence-corrected chi connectivity index (χ3v) is 5.12. The molecule has 0 spiro atoms. The molecule has 2 N–H and O–H groups in total. The molecular weight excluding hydrogens is 391 g/mol. The monoisotopic (exact) mass is 407 g/mol. The van der Waals surface area contributed by atoms with Crippen LogP contribution in [0.2, 0.25) is 0 Å². The van der Waals surface area contributed by atoms with E-state index in [-0.39, 0.29) is 18.0 Å². The normalized spacial score (nSPS) is 13.3. The SMILES string of the molecule is CCC(N)Cc1c(C(F)(F)F)nn(C)c1Sc1ccc(Br)cc1. The number of halogens is 4. The Morgan fingerprint density at radius 3 is 2.43 bits per heavy atom. The molecule has 0 radical (unpaired) electrons. The van der Waals surface area contributed by atoms with Gasteiger partial charge in [0.25, 0.3) is 0 Å². The highest BCUT2D eigenvalue weighted by molar-refractivity contribution is 9.10. The first-order valence-electron chi connectivity index (χ1n) is 7.04. The maximum absolute atomic E-state index is 13.3. The average molecular weight is 408 g/mol.